The fraction of sp³-hybridized carbons (Fsp3) is 0.381. The first-order chi connectivity index (χ1) is 13.1. The van der Waals surface area contributed by atoms with Crippen molar-refractivity contribution in [3.05, 3.63) is 48.0 Å². The predicted molar refractivity (Wildman–Crippen MR) is 105 cm³/mol. The van der Waals surface area contributed by atoms with E-state index in [0.29, 0.717) is 17.2 Å². The lowest BCUT2D eigenvalue weighted by atomic mass is 9.93. The summed E-state index contributed by atoms with van der Waals surface area (Å²) in [5.41, 5.74) is 1.82. The molecule has 0 radical (unpaired) electrons. The zero-order valence-electron chi connectivity index (χ0n) is 16.0. The molecule has 2 aromatic carbocycles. The molecule has 0 aromatic heterocycles. The largest absolute Gasteiger partial charge is 0.497 e. The molecule has 2 atom stereocenters. The van der Waals surface area contributed by atoms with Gasteiger partial charge in [-0.3, -0.25) is 10.1 Å². The summed E-state index contributed by atoms with van der Waals surface area (Å²) in [6.45, 7) is 0. The van der Waals surface area contributed by atoms with Gasteiger partial charge in [-0.15, -0.1) is 0 Å². The Kier molecular flexibility index (Phi) is 6.19. The zero-order valence-corrected chi connectivity index (χ0v) is 16.0. The zero-order chi connectivity index (χ0) is 19.2. The number of rotatable bonds is 6. The molecule has 6 nitrogen and oxygen atoms in total. The average molecular weight is 370 g/mol. The van der Waals surface area contributed by atoms with Crippen LogP contribution < -0.4 is 24.8 Å². The van der Waals surface area contributed by atoms with Crippen LogP contribution in [0.3, 0.4) is 0 Å². The third-order valence-electron chi connectivity index (χ3n) is 4.85. The molecule has 1 aliphatic heterocycles. The van der Waals surface area contributed by atoms with Gasteiger partial charge in [-0.2, -0.15) is 0 Å². The van der Waals surface area contributed by atoms with Gasteiger partial charge in [-0.05, 0) is 49.1 Å². The molecule has 0 unspecified atom stereocenters. The van der Waals surface area contributed by atoms with Gasteiger partial charge in [0.1, 0.15) is 5.75 Å². The number of methoxy groups -OCH3 is 3. The van der Waals surface area contributed by atoms with Crippen molar-refractivity contribution in [2.75, 3.05) is 26.6 Å². The van der Waals surface area contributed by atoms with Crippen LogP contribution in [-0.2, 0) is 4.79 Å². The van der Waals surface area contributed by atoms with Gasteiger partial charge in [0, 0.05) is 17.8 Å². The fourth-order valence-corrected chi connectivity index (χ4v) is 3.41. The normalized spacial score (nSPS) is 19.2. The monoisotopic (exact) mass is 370 g/mol. The maximum Gasteiger partial charge on any atom is 0.241 e. The lowest BCUT2D eigenvalue weighted by Gasteiger charge is -2.31. The summed E-state index contributed by atoms with van der Waals surface area (Å²) in [7, 11) is 4.85. The van der Waals surface area contributed by atoms with E-state index in [0.717, 1.165) is 30.5 Å². The number of amides is 1. The van der Waals surface area contributed by atoms with Crippen molar-refractivity contribution in [2.24, 2.45) is 0 Å². The summed E-state index contributed by atoms with van der Waals surface area (Å²) in [5, 5.41) is 6.44. The molecule has 1 aliphatic rings. The van der Waals surface area contributed by atoms with Crippen LogP contribution in [0.25, 0.3) is 0 Å². The van der Waals surface area contributed by atoms with Crippen molar-refractivity contribution in [3.8, 4) is 17.2 Å². The summed E-state index contributed by atoms with van der Waals surface area (Å²) in [5.74, 6) is 2.07. The quantitative estimate of drug-likeness (QED) is 0.814. The second-order valence-corrected chi connectivity index (χ2v) is 6.54. The van der Waals surface area contributed by atoms with Crippen LogP contribution in [0, 0.1) is 0 Å². The van der Waals surface area contributed by atoms with E-state index in [1.165, 1.54) is 0 Å². The van der Waals surface area contributed by atoms with E-state index >= 15 is 0 Å². The number of carbonyl (C=O) groups excluding carboxylic acids is 1. The highest BCUT2D eigenvalue weighted by molar-refractivity contribution is 5.95. The second-order valence-electron chi connectivity index (χ2n) is 6.54. The number of anilines is 1. The number of nitrogens with one attached hydrogen (secondary N) is 2. The van der Waals surface area contributed by atoms with Crippen LogP contribution in [0.4, 0.5) is 5.69 Å². The molecule has 1 saturated heterocycles. The Bertz CT molecular complexity index is 794. The van der Waals surface area contributed by atoms with Gasteiger partial charge in [0.25, 0.3) is 0 Å². The summed E-state index contributed by atoms with van der Waals surface area (Å²) < 4.78 is 15.9. The Labute approximate surface area is 159 Å². The maximum absolute atomic E-state index is 12.7. The average Bonchev–Trinajstić information content (AvgIpc) is 2.73. The summed E-state index contributed by atoms with van der Waals surface area (Å²) in [6.07, 6.45) is 2.75. The molecule has 2 N–H and O–H groups in total. The lowest BCUT2D eigenvalue weighted by Crippen LogP contribution is -2.45. The minimum atomic E-state index is -0.247. The molecule has 1 heterocycles. The molecule has 0 aliphatic carbocycles. The van der Waals surface area contributed by atoms with Crippen LogP contribution >= 0.6 is 0 Å². The number of hydrogen-bond acceptors (Lipinski definition) is 5. The molecule has 27 heavy (non-hydrogen) atoms. The molecule has 2 aromatic rings. The molecule has 6 heteroatoms. The Hall–Kier alpha value is -2.73. The summed E-state index contributed by atoms with van der Waals surface area (Å²) >= 11 is 0. The van der Waals surface area contributed by atoms with Crippen molar-refractivity contribution in [2.45, 2.75) is 31.3 Å². The van der Waals surface area contributed by atoms with E-state index in [1.54, 1.807) is 21.3 Å². The van der Waals surface area contributed by atoms with Gasteiger partial charge < -0.3 is 19.5 Å². The van der Waals surface area contributed by atoms with Gasteiger partial charge in [-0.1, -0.05) is 12.1 Å². The molecule has 0 spiro atoms. The SMILES string of the molecule is COc1cccc(NC(=O)[C@@H]2CCC[C@H](c3ccc(OC)c(OC)c3)N2)c1. The molecule has 0 bridgehead atoms. The van der Waals surface area contributed by atoms with Crippen molar-refractivity contribution in [3.63, 3.8) is 0 Å². The summed E-state index contributed by atoms with van der Waals surface area (Å²) in [4.78, 5) is 12.7. The molecule has 1 amide bonds. The van der Waals surface area contributed by atoms with Crippen LogP contribution in [0.5, 0.6) is 17.2 Å². The van der Waals surface area contributed by atoms with Crippen molar-refractivity contribution in [1.82, 2.24) is 5.32 Å². The third-order valence-corrected chi connectivity index (χ3v) is 4.85. The molecular weight excluding hydrogens is 344 g/mol. The van der Waals surface area contributed by atoms with E-state index in [1.807, 2.05) is 42.5 Å². The van der Waals surface area contributed by atoms with E-state index in [9.17, 15) is 4.79 Å². The van der Waals surface area contributed by atoms with E-state index < -0.39 is 0 Å². The minimum Gasteiger partial charge on any atom is -0.497 e. The fourth-order valence-electron chi connectivity index (χ4n) is 3.41. The van der Waals surface area contributed by atoms with Gasteiger partial charge in [0.15, 0.2) is 11.5 Å². The van der Waals surface area contributed by atoms with Gasteiger partial charge in [0.2, 0.25) is 5.91 Å². The Balaban J connectivity index is 1.69. The number of ether oxygens (including phenoxy) is 3. The molecule has 3 rings (SSSR count). The Morgan fingerprint density at radius 1 is 1.00 bits per heavy atom. The first-order valence-corrected chi connectivity index (χ1v) is 9.07. The molecular formula is C21H26N2O4. The van der Waals surface area contributed by atoms with Crippen molar-refractivity contribution < 1.29 is 19.0 Å². The highest BCUT2D eigenvalue weighted by atomic mass is 16.5. The van der Waals surface area contributed by atoms with E-state index in [-0.39, 0.29) is 18.0 Å². The van der Waals surface area contributed by atoms with Crippen LogP contribution in [0.2, 0.25) is 0 Å². The van der Waals surface area contributed by atoms with Gasteiger partial charge in [-0.25, -0.2) is 0 Å². The van der Waals surface area contributed by atoms with Gasteiger partial charge >= 0.3 is 0 Å². The molecule has 1 fully saturated rings. The van der Waals surface area contributed by atoms with Crippen LogP contribution in [0.15, 0.2) is 42.5 Å². The standard InChI is InChI=1S/C21H26N2O4/c1-25-16-7-4-6-15(13-16)22-21(24)18-9-5-8-17(23-18)14-10-11-19(26-2)20(12-14)27-3/h4,6-7,10-13,17-18,23H,5,8-9H2,1-3H3,(H,22,24)/t17-,18+/m1/s1. The summed E-state index contributed by atoms with van der Waals surface area (Å²) in [6, 6.07) is 13.1. The van der Waals surface area contributed by atoms with Crippen LogP contribution in [0.1, 0.15) is 30.9 Å². The minimum absolute atomic E-state index is 0.0339. The lowest BCUT2D eigenvalue weighted by molar-refractivity contribution is -0.119. The smallest absolute Gasteiger partial charge is 0.241 e. The first kappa shape index (κ1) is 19.0. The van der Waals surface area contributed by atoms with Crippen molar-refractivity contribution in [1.29, 1.82) is 0 Å². The predicted octanol–water partition coefficient (Wildman–Crippen LogP) is 3.53. The van der Waals surface area contributed by atoms with Gasteiger partial charge in [0.05, 0.1) is 27.4 Å². The highest BCUT2D eigenvalue weighted by Gasteiger charge is 2.28. The highest BCUT2D eigenvalue weighted by Crippen LogP contribution is 2.33. The van der Waals surface area contributed by atoms with E-state index in [4.69, 9.17) is 14.2 Å². The Morgan fingerprint density at radius 2 is 1.81 bits per heavy atom. The van der Waals surface area contributed by atoms with Crippen molar-refractivity contribution >= 4 is 11.6 Å². The molecule has 0 saturated carbocycles. The number of benzene rings is 2. The second kappa shape index (κ2) is 8.77. The topological polar surface area (TPSA) is 68.8 Å². The number of carbonyl (C=O) groups is 1. The Morgan fingerprint density at radius 3 is 2.56 bits per heavy atom. The van der Waals surface area contributed by atoms with E-state index in [2.05, 4.69) is 10.6 Å². The maximum atomic E-state index is 12.7. The number of hydrogen-bond donors (Lipinski definition) is 2. The number of piperidine rings is 1. The third kappa shape index (κ3) is 4.52. The first-order valence-electron chi connectivity index (χ1n) is 9.07. The molecule has 144 valence electrons. The van der Waals surface area contributed by atoms with Crippen LogP contribution in [-0.4, -0.2) is 33.3 Å².